The Morgan fingerprint density at radius 3 is 2.12 bits per heavy atom. The smallest absolute Gasteiger partial charge is 0.430 e. The van der Waals surface area contributed by atoms with E-state index in [0.717, 1.165) is 23.2 Å². The van der Waals surface area contributed by atoms with Crippen molar-refractivity contribution in [1.82, 2.24) is 10.4 Å². The molecule has 1 N–H and O–H groups in total. The summed E-state index contributed by atoms with van der Waals surface area (Å²) in [5.41, 5.74) is -1.89. The molecule has 0 bridgehead atoms. The third-order valence-corrected chi connectivity index (χ3v) is 4.85. The summed E-state index contributed by atoms with van der Waals surface area (Å²) in [4.78, 5) is 39.2. The molecule has 7 nitrogen and oxygen atoms in total. The highest BCUT2D eigenvalue weighted by Crippen LogP contribution is 2.41. The van der Waals surface area contributed by atoms with Gasteiger partial charge in [-0.2, -0.15) is 13.2 Å². The van der Waals surface area contributed by atoms with Gasteiger partial charge in [0.2, 0.25) is 0 Å². The van der Waals surface area contributed by atoms with Crippen LogP contribution in [0.5, 0.6) is 0 Å². The van der Waals surface area contributed by atoms with E-state index in [9.17, 15) is 27.6 Å². The average Bonchev–Trinajstić information content (AvgIpc) is 2.88. The first-order chi connectivity index (χ1) is 14.9. The SMILES string of the molecule is CCCC1(N(NC(=O)OC(C)(C)C)C(=O)OC(C)(C)C)Cc2cc(C(F)(F)F)ccc2C1=O. The maximum absolute atomic E-state index is 13.5. The lowest BCUT2D eigenvalue weighted by Gasteiger charge is -2.40. The molecular weight excluding hydrogens is 441 g/mol. The molecule has 1 unspecified atom stereocenters. The number of halogens is 3. The number of nitrogens with zero attached hydrogens (tertiary/aromatic N) is 1. The number of hydrazine groups is 1. The van der Waals surface area contributed by atoms with Crippen molar-refractivity contribution in [3.63, 3.8) is 0 Å². The number of benzene rings is 1. The van der Waals surface area contributed by atoms with Gasteiger partial charge in [0.25, 0.3) is 0 Å². The molecule has 0 aliphatic heterocycles. The van der Waals surface area contributed by atoms with Crippen molar-refractivity contribution in [3.05, 3.63) is 34.9 Å². The quantitative estimate of drug-likeness (QED) is 0.574. The van der Waals surface area contributed by atoms with Crippen LogP contribution < -0.4 is 5.43 Å². The van der Waals surface area contributed by atoms with E-state index in [1.54, 1.807) is 48.5 Å². The minimum Gasteiger partial charge on any atom is -0.443 e. The van der Waals surface area contributed by atoms with Crippen LogP contribution in [0, 0.1) is 0 Å². The molecule has 1 aliphatic carbocycles. The zero-order valence-corrected chi connectivity index (χ0v) is 20.0. The monoisotopic (exact) mass is 472 g/mol. The van der Waals surface area contributed by atoms with E-state index in [1.807, 2.05) is 0 Å². The second-order valence-electron chi connectivity index (χ2n) is 10.1. The van der Waals surface area contributed by atoms with Gasteiger partial charge < -0.3 is 9.47 Å². The molecule has 1 aromatic rings. The summed E-state index contributed by atoms with van der Waals surface area (Å²) in [5, 5.41) is 0.783. The van der Waals surface area contributed by atoms with Crippen LogP contribution >= 0.6 is 0 Å². The molecule has 10 heteroatoms. The molecule has 0 spiro atoms. The highest BCUT2D eigenvalue weighted by Gasteiger charge is 2.54. The average molecular weight is 473 g/mol. The first-order valence-electron chi connectivity index (χ1n) is 10.7. The number of carbonyl (C=O) groups excluding carboxylic acids is 3. The van der Waals surface area contributed by atoms with Gasteiger partial charge in [-0.15, -0.1) is 0 Å². The number of hydrogen-bond donors (Lipinski definition) is 1. The minimum absolute atomic E-state index is 0.0657. The van der Waals surface area contributed by atoms with Gasteiger partial charge in [-0.05, 0) is 65.7 Å². The summed E-state index contributed by atoms with van der Waals surface area (Å²) in [7, 11) is 0. The number of carbonyl (C=O) groups is 3. The summed E-state index contributed by atoms with van der Waals surface area (Å²) in [6.07, 6.45) is -6.33. The standard InChI is InChI=1S/C23H31F3N2O5/c1-8-11-22(13-14-12-15(23(24,25)26)9-10-16(14)17(22)29)28(19(31)33-21(5,6)7)27-18(30)32-20(2,3)4/h9-10,12H,8,11,13H2,1-7H3,(H,27,30). The fourth-order valence-corrected chi connectivity index (χ4v) is 3.72. The predicted molar refractivity (Wildman–Crippen MR) is 115 cm³/mol. The Hall–Kier alpha value is -2.78. The molecule has 1 aliphatic rings. The first-order valence-corrected chi connectivity index (χ1v) is 10.7. The molecule has 1 atom stereocenters. The van der Waals surface area contributed by atoms with Crippen LogP contribution in [-0.4, -0.2) is 39.7 Å². The van der Waals surface area contributed by atoms with Crippen LogP contribution in [0.25, 0.3) is 0 Å². The third-order valence-electron chi connectivity index (χ3n) is 4.85. The van der Waals surface area contributed by atoms with E-state index in [1.165, 1.54) is 0 Å². The van der Waals surface area contributed by atoms with Crippen molar-refractivity contribution >= 4 is 18.0 Å². The highest BCUT2D eigenvalue weighted by molar-refractivity contribution is 6.09. The van der Waals surface area contributed by atoms with Crippen LogP contribution in [0.2, 0.25) is 0 Å². The molecule has 184 valence electrons. The highest BCUT2D eigenvalue weighted by atomic mass is 19.4. The van der Waals surface area contributed by atoms with Crippen LogP contribution in [0.1, 0.15) is 82.8 Å². The fraction of sp³-hybridized carbons (Fsp3) is 0.609. The summed E-state index contributed by atoms with van der Waals surface area (Å²) in [5.74, 6) is -0.574. The number of Topliss-reactive ketones (excluding diaryl/α,β-unsaturated/α-hetero) is 1. The van der Waals surface area contributed by atoms with Crippen molar-refractivity contribution < 1.29 is 37.0 Å². The topological polar surface area (TPSA) is 84.9 Å². The predicted octanol–water partition coefficient (Wildman–Crippen LogP) is 5.66. The largest absolute Gasteiger partial charge is 0.443 e. The van der Waals surface area contributed by atoms with Crippen molar-refractivity contribution in [2.45, 2.75) is 90.6 Å². The Morgan fingerprint density at radius 1 is 1.06 bits per heavy atom. The number of ether oxygens (including phenoxy) is 2. The molecule has 2 amide bonds. The van der Waals surface area contributed by atoms with E-state index >= 15 is 0 Å². The maximum atomic E-state index is 13.5. The van der Waals surface area contributed by atoms with Gasteiger partial charge in [-0.25, -0.2) is 20.0 Å². The third kappa shape index (κ3) is 6.17. The van der Waals surface area contributed by atoms with Crippen molar-refractivity contribution in [3.8, 4) is 0 Å². The van der Waals surface area contributed by atoms with Gasteiger partial charge in [0.15, 0.2) is 5.78 Å². The van der Waals surface area contributed by atoms with Gasteiger partial charge in [-0.1, -0.05) is 19.4 Å². The lowest BCUT2D eigenvalue weighted by atomic mass is 9.88. The number of alkyl halides is 3. The van der Waals surface area contributed by atoms with Gasteiger partial charge in [-0.3, -0.25) is 4.79 Å². The number of fused-ring (bicyclic) bond motifs is 1. The molecule has 33 heavy (non-hydrogen) atoms. The van der Waals surface area contributed by atoms with Crippen molar-refractivity contribution in [1.29, 1.82) is 0 Å². The normalized spacial score (nSPS) is 18.5. The van der Waals surface area contributed by atoms with Gasteiger partial charge >= 0.3 is 18.4 Å². The summed E-state index contributed by atoms with van der Waals surface area (Å²) in [6.45, 7) is 11.5. The Labute approximate surface area is 191 Å². The van der Waals surface area contributed by atoms with E-state index in [4.69, 9.17) is 9.47 Å². The maximum Gasteiger partial charge on any atom is 0.430 e. The summed E-state index contributed by atoms with van der Waals surface area (Å²) in [6, 6.07) is 2.85. The Kier molecular flexibility index (Phi) is 7.12. The number of amides is 2. The van der Waals surface area contributed by atoms with E-state index < -0.39 is 46.5 Å². The lowest BCUT2D eigenvalue weighted by molar-refractivity contribution is -0.137. The van der Waals surface area contributed by atoms with Gasteiger partial charge in [0.05, 0.1) is 5.56 Å². The van der Waals surface area contributed by atoms with Crippen LogP contribution in [0.3, 0.4) is 0 Å². The molecule has 2 rings (SSSR count). The molecule has 0 saturated heterocycles. The van der Waals surface area contributed by atoms with Crippen molar-refractivity contribution in [2.24, 2.45) is 0 Å². The van der Waals surface area contributed by atoms with Gasteiger partial charge in [0, 0.05) is 12.0 Å². The Balaban J connectivity index is 2.56. The summed E-state index contributed by atoms with van der Waals surface area (Å²) >= 11 is 0. The number of ketones is 1. The lowest BCUT2D eigenvalue weighted by Crippen LogP contribution is -2.64. The molecular formula is C23H31F3N2O5. The Bertz CT molecular complexity index is 931. The van der Waals surface area contributed by atoms with Gasteiger partial charge in [0.1, 0.15) is 16.7 Å². The van der Waals surface area contributed by atoms with E-state index in [2.05, 4.69) is 5.43 Å². The zero-order valence-electron chi connectivity index (χ0n) is 20.0. The summed E-state index contributed by atoms with van der Waals surface area (Å²) < 4.78 is 50.4. The van der Waals surface area contributed by atoms with Crippen LogP contribution in [-0.2, 0) is 22.1 Å². The fourth-order valence-electron chi connectivity index (χ4n) is 3.72. The first kappa shape index (κ1) is 26.5. The zero-order chi connectivity index (χ0) is 25.4. The van der Waals surface area contributed by atoms with E-state index in [0.29, 0.717) is 6.42 Å². The molecule has 0 aromatic heterocycles. The number of hydrogen-bond acceptors (Lipinski definition) is 5. The number of rotatable bonds is 3. The second kappa shape index (κ2) is 8.87. The van der Waals surface area contributed by atoms with Crippen LogP contribution in [0.4, 0.5) is 22.8 Å². The molecule has 0 saturated carbocycles. The van der Waals surface area contributed by atoms with Crippen molar-refractivity contribution in [2.75, 3.05) is 0 Å². The molecule has 1 aromatic carbocycles. The Morgan fingerprint density at radius 2 is 1.64 bits per heavy atom. The molecule has 0 radical (unpaired) electrons. The molecule has 0 heterocycles. The number of nitrogens with one attached hydrogen (secondary N) is 1. The second-order valence-corrected chi connectivity index (χ2v) is 10.1. The minimum atomic E-state index is -4.59. The van der Waals surface area contributed by atoms with Crippen LogP contribution in [0.15, 0.2) is 18.2 Å². The molecule has 0 fully saturated rings. The van der Waals surface area contributed by atoms with E-state index in [-0.39, 0.29) is 24.0 Å².